The third-order valence-electron chi connectivity index (χ3n) is 3.67. The molecule has 28 heavy (non-hydrogen) atoms. The van der Waals surface area contributed by atoms with Gasteiger partial charge in [0.2, 0.25) is 0 Å². The first-order valence-electron chi connectivity index (χ1n) is 7.71. The van der Waals surface area contributed by atoms with Gasteiger partial charge < -0.3 is 14.3 Å². The molecule has 0 saturated carbocycles. The second-order valence-electron chi connectivity index (χ2n) is 5.45. The minimum atomic E-state index is -1.61. The Morgan fingerprint density at radius 2 is 2.00 bits per heavy atom. The minimum Gasteiger partial charge on any atom is -0.455 e. The van der Waals surface area contributed by atoms with Crippen molar-refractivity contribution in [1.29, 1.82) is 0 Å². The van der Waals surface area contributed by atoms with Gasteiger partial charge in [-0.2, -0.15) is 5.10 Å². The van der Waals surface area contributed by atoms with E-state index in [1.165, 1.54) is 30.5 Å². The predicted molar refractivity (Wildman–Crippen MR) is 91.3 cm³/mol. The van der Waals surface area contributed by atoms with E-state index in [-0.39, 0.29) is 18.0 Å². The summed E-state index contributed by atoms with van der Waals surface area (Å²) in [5.74, 6) is 0.0416. The molecular weight excluding hydrogens is 376 g/mol. The second-order valence-corrected chi connectivity index (χ2v) is 5.45. The number of nitro groups is 1. The lowest BCUT2D eigenvalue weighted by Crippen LogP contribution is -2.34. The molecule has 3 rings (SSSR count). The Labute approximate surface area is 156 Å². The molecule has 1 saturated heterocycles. The molecule has 0 spiro atoms. The van der Waals surface area contributed by atoms with Gasteiger partial charge in [-0.05, 0) is 24.3 Å². The van der Waals surface area contributed by atoms with Crippen molar-refractivity contribution in [2.24, 2.45) is 5.10 Å². The van der Waals surface area contributed by atoms with Crippen molar-refractivity contribution < 1.29 is 33.6 Å². The van der Waals surface area contributed by atoms with Crippen molar-refractivity contribution in [3.63, 3.8) is 0 Å². The summed E-state index contributed by atoms with van der Waals surface area (Å²) in [6, 6.07) is 8.09. The van der Waals surface area contributed by atoms with Gasteiger partial charge in [0, 0.05) is 17.7 Å². The lowest BCUT2D eigenvalue weighted by Gasteiger charge is -2.12. The molecule has 2 aromatic rings. The number of benzene rings is 1. The molecule has 0 aliphatic carbocycles. The molecule has 12 nitrogen and oxygen atoms in total. The van der Waals surface area contributed by atoms with E-state index in [9.17, 15) is 24.5 Å². The fourth-order valence-electron chi connectivity index (χ4n) is 2.32. The normalized spacial score (nSPS) is 14.1. The number of nitro benzene ring substituents is 1. The number of carbonyl (C=O) groups is 3. The smallest absolute Gasteiger partial charge is 0.455 e. The number of nitrogens with zero attached hydrogens (tertiary/aromatic N) is 4. The maximum absolute atomic E-state index is 12.0. The molecule has 1 aromatic carbocycles. The van der Waals surface area contributed by atoms with Crippen LogP contribution in [0.25, 0.3) is 11.3 Å². The summed E-state index contributed by atoms with van der Waals surface area (Å²) in [7, 11) is 0. The number of imide groups is 1. The number of carboxylic acid groups (broad SMARTS) is 1. The summed E-state index contributed by atoms with van der Waals surface area (Å²) in [5.41, 5.74) is 0.556. The monoisotopic (exact) mass is 388 g/mol. The van der Waals surface area contributed by atoms with Crippen LogP contribution >= 0.6 is 0 Å². The van der Waals surface area contributed by atoms with Gasteiger partial charge in [-0.15, -0.1) is 0 Å². The number of urea groups is 1. The largest absolute Gasteiger partial charge is 0.507 e. The van der Waals surface area contributed by atoms with E-state index >= 15 is 0 Å². The Bertz CT molecular complexity index is 965. The second kappa shape index (κ2) is 7.57. The van der Waals surface area contributed by atoms with Crippen molar-refractivity contribution in [3.05, 3.63) is 52.3 Å². The number of amides is 3. The highest BCUT2D eigenvalue weighted by Crippen LogP contribution is 2.24. The Hall–Kier alpha value is -4.22. The van der Waals surface area contributed by atoms with E-state index in [2.05, 4.69) is 9.84 Å². The van der Waals surface area contributed by atoms with Gasteiger partial charge in [0.1, 0.15) is 18.1 Å². The van der Waals surface area contributed by atoms with Crippen LogP contribution in [0.1, 0.15) is 5.76 Å². The van der Waals surface area contributed by atoms with Gasteiger partial charge in [0.25, 0.3) is 11.6 Å². The van der Waals surface area contributed by atoms with E-state index < -0.39 is 29.7 Å². The Balaban J connectivity index is 1.67. The summed E-state index contributed by atoms with van der Waals surface area (Å²) in [6.45, 7) is -1.09. The number of non-ortho nitro benzene ring substituents is 1. The molecule has 1 aliphatic rings. The molecule has 12 heteroatoms. The van der Waals surface area contributed by atoms with Crippen LogP contribution in [0.5, 0.6) is 0 Å². The Kier molecular flexibility index (Phi) is 5.02. The lowest BCUT2D eigenvalue weighted by molar-refractivity contribution is -0.384. The topological polar surface area (TPSA) is 156 Å². The zero-order valence-electron chi connectivity index (χ0n) is 14.0. The van der Waals surface area contributed by atoms with E-state index in [0.717, 1.165) is 5.01 Å². The summed E-state index contributed by atoms with van der Waals surface area (Å²) < 4.78 is 9.75. The van der Waals surface area contributed by atoms with Crippen molar-refractivity contribution in [2.75, 3.05) is 13.3 Å². The molecule has 1 aromatic heterocycles. The highest BCUT2D eigenvalue weighted by atomic mass is 16.7. The Morgan fingerprint density at radius 1 is 1.29 bits per heavy atom. The molecular formula is C16H12N4O8. The van der Waals surface area contributed by atoms with Crippen LogP contribution in [-0.4, -0.2) is 57.5 Å². The molecule has 3 amide bonds. The minimum absolute atomic E-state index is 0.0502. The molecule has 0 radical (unpaired) electrons. The summed E-state index contributed by atoms with van der Waals surface area (Å²) in [6.07, 6.45) is -0.404. The maximum Gasteiger partial charge on any atom is 0.507 e. The molecule has 144 valence electrons. The van der Waals surface area contributed by atoms with Crippen molar-refractivity contribution >= 4 is 30.0 Å². The first-order chi connectivity index (χ1) is 13.3. The van der Waals surface area contributed by atoms with Crippen molar-refractivity contribution in [2.45, 2.75) is 0 Å². The molecule has 1 aliphatic heterocycles. The number of rotatable bonds is 6. The highest BCUT2D eigenvalue weighted by Gasteiger charge is 2.36. The zero-order valence-corrected chi connectivity index (χ0v) is 14.0. The molecule has 1 fully saturated rings. The van der Waals surface area contributed by atoms with Gasteiger partial charge in [-0.25, -0.2) is 19.5 Å². The van der Waals surface area contributed by atoms with Crippen LogP contribution in [-0.2, 0) is 9.53 Å². The number of hydrogen-bond acceptors (Lipinski definition) is 8. The van der Waals surface area contributed by atoms with Crippen LogP contribution in [0.15, 0.2) is 45.9 Å². The first-order valence-corrected chi connectivity index (χ1v) is 7.71. The zero-order chi connectivity index (χ0) is 20.3. The van der Waals surface area contributed by atoms with Gasteiger partial charge in [-0.1, -0.05) is 0 Å². The summed E-state index contributed by atoms with van der Waals surface area (Å²) >= 11 is 0. The lowest BCUT2D eigenvalue weighted by atomic mass is 10.1. The standard InChI is InChI=1S/C16H12N4O8/c21-14-8-19(15(22)18(14)9-27-16(23)24)17-7-12-5-6-13(28-12)10-1-3-11(4-2-10)20(25)26/h1-7H,8-9H2,(H,23,24)/b17-7+. The van der Waals surface area contributed by atoms with Crippen LogP contribution in [0.2, 0.25) is 0 Å². The molecule has 0 atom stereocenters. The molecule has 1 N–H and O–H groups in total. The SMILES string of the molecule is O=C(O)OCN1C(=O)CN(/N=C/c2ccc(-c3ccc([N+](=O)[O-])cc3)o2)C1=O. The van der Waals surface area contributed by atoms with Crippen molar-refractivity contribution in [1.82, 2.24) is 9.91 Å². The maximum atomic E-state index is 12.0. The predicted octanol–water partition coefficient (Wildman–Crippen LogP) is 2.10. The quantitative estimate of drug-likeness (QED) is 0.259. The average molecular weight is 388 g/mol. The van der Waals surface area contributed by atoms with Gasteiger partial charge in [-0.3, -0.25) is 14.9 Å². The van der Waals surface area contributed by atoms with E-state index in [1.807, 2.05) is 0 Å². The molecule has 0 unspecified atom stereocenters. The van der Waals surface area contributed by atoms with Gasteiger partial charge in [0.05, 0.1) is 11.1 Å². The number of hydrazone groups is 1. The number of furan rings is 1. The van der Waals surface area contributed by atoms with Crippen LogP contribution in [0.3, 0.4) is 0 Å². The van der Waals surface area contributed by atoms with Crippen molar-refractivity contribution in [3.8, 4) is 11.3 Å². The van der Waals surface area contributed by atoms with Gasteiger partial charge >= 0.3 is 12.2 Å². The molecule has 0 bridgehead atoms. The summed E-state index contributed by atoms with van der Waals surface area (Å²) in [5, 5.41) is 23.8. The number of ether oxygens (including phenoxy) is 1. The Morgan fingerprint density at radius 3 is 2.64 bits per heavy atom. The number of carbonyl (C=O) groups excluding carboxylic acids is 2. The first kappa shape index (κ1) is 18.6. The van der Waals surface area contributed by atoms with Gasteiger partial charge in [0.15, 0.2) is 6.73 Å². The fourth-order valence-corrected chi connectivity index (χ4v) is 2.32. The summed E-state index contributed by atoms with van der Waals surface area (Å²) in [4.78, 5) is 44.9. The third-order valence-corrected chi connectivity index (χ3v) is 3.67. The van der Waals surface area contributed by atoms with E-state index in [1.54, 1.807) is 12.1 Å². The average Bonchev–Trinajstić information content (AvgIpc) is 3.23. The molecule has 2 heterocycles. The van der Waals surface area contributed by atoms with E-state index in [0.29, 0.717) is 16.2 Å². The van der Waals surface area contributed by atoms with Crippen LogP contribution in [0.4, 0.5) is 15.3 Å². The van der Waals surface area contributed by atoms with Crippen LogP contribution in [0, 0.1) is 10.1 Å². The number of hydrogen-bond donors (Lipinski definition) is 1. The highest BCUT2D eigenvalue weighted by molar-refractivity contribution is 6.02. The van der Waals surface area contributed by atoms with Crippen LogP contribution < -0.4 is 0 Å². The fraction of sp³-hybridized carbons (Fsp3) is 0.125. The van der Waals surface area contributed by atoms with E-state index in [4.69, 9.17) is 9.52 Å². The third kappa shape index (κ3) is 3.95.